The summed E-state index contributed by atoms with van der Waals surface area (Å²) < 4.78 is 7.65. The lowest BCUT2D eigenvalue weighted by Gasteiger charge is -2.09. The molecule has 5 nitrogen and oxygen atoms in total. The highest BCUT2D eigenvalue weighted by Crippen LogP contribution is 2.27. The van der Waals surface area contributed by atoms with E-state index in [0.29, 0.717) is 6.61 Å². The van der Waals surface area contributed by atoms with E-state index in [-0.39, 0.29) is 0 Å². The van der Waals surface area contributed by atoms with E-state index >= 15 is 0 Å². The van der Waals surface area contributed by atoms with Gasteiger partial charge >= 0.3 is 0 Å². The Morgan fingerprint density at radius 2 is 2.04 bits per heavy atom. The molecule has 3 heterocycles. The molecule has 0 aliphatic carbocycles. The normalized spacial score (nSPS) is 11.0. The minimum Gasteiger partial charge on any atom is -0.487 e. The molecule has 0 spiro atoms. The highest BCUT2D eigenvalue weighted by atomic mass is 16.5. The molecule has 4 rings (SSSR count). The van der Waals surface area contributed by atoms with Crippen molar-refractivity contribution in [3.63, 3.8) is 0 Å². The second-order valence-electron chi connectivity index (χ2n) is 6.02. The van der Waals surface area contributed by atoms with Crippen molar-refractivity contribution >= 4 is 10.9 Å². The molecule has 25 heavy (non-hydrogen) atoms. The van der Waals surface area contributed by atoms with Crippen LogP contribution in [0.25, 0.3) is 22.2 Å². The number of benzene rings is 1. The van der Waals surface area contributed by atoms with E-state index in [4.69, 9.17) is 9.72 Å². The zero-order chi connectivity index (χ0) is 17.2. The molecule has 0 saturated heterocycles. The van der Waals surface area contributed by atoms with Crippen LogP contribution in [-0.4, -0.2) is 19.7 Å². The fraction of sp³-hybridized carbons (Fsp3) is 0.150. The van der Waals surface area contributed by atoms with Gasteiger partial charge < -0.3 is 4.74 Å². The number of pyridine rings is 2. The lowest BCUT2D eigenvalue weighted by atomic mass is 10.1. The van der Waals surface area contributed by atoms with Crippen LogP contribution in [0.3, 0.4) is 0 Å². The molecule has 0 atom stereocenters. The summed E-state index contributed by atoms with van der Waals surface area (Å²) in [7, 11) is 1.91. The molecule has 0 saturated carbocycles. The van der Waals surface area contributed by atoms with Gasteiger partial charge in [0.1, 0.15) is 12.4 Å². The number of ether oxygens (including phenoxy) is 1. The Morgan fingerprint density at radius 1 is 1.12 bits per heavy atom. The van der Waals surface area contributed by atoms with Gasteiger partial charge in [0.15, 0.2) is 0 Å². The first-order valence-corrected chi connectivity index (χ1v) is 8.12. The van der Waals surface area contributed by atoms with E-state index in [9.17, 15) is 0 Å². The van der Waals surface area contributed by atoms with Crippen molar-refractivity contribution in [1.82, 2.24) is 19.7 Å². The summed E-state index contributed by atoms with van der Waals surface area (Å²) in [4.78, 5) is 9.03. The van der Waals surface area contributed by atoms with Crippen LogP contribution < -0.4 is 4.74 Å². The minimum atomic E-state index is 0.451. The fourth-order valence-corrected chi connectivity index (χ4v) is 2.81. The summed E-state index contributed by atoms with van der Waals surface area (Å²) in [6.45, 7) is 2.54. The largest absolute Gasteiger partial charge is 0.487 e. The summed E-state index contributed by atoms with van der Waals surface area (Å²) in [6.07, 6.45) is 5.57. The number of rotatable bonds is 4. The van der Waals surface area contributed by atoms with Crippen molar-refractivity contribution in [3.8, 4) is 17.0 Å². The molecule has 0 amide bonds. The van der Waals surface area contributed by atoms with Crippen molar-refractivity contribution in [3.05, 3.63) is 72.3 Å². The van der Waals surface area contributed by atoms with Gasteiger partial charge in [-0.3, -0.25) is 9.67 Å². The van der Waals surface area contributed by atoms with Crippen LogP contribution in [0.5, 0.6) is 5.75 Å². The van der Waals surface area contributed by atoms with E-state index in [1.54, 1.807) is 10.9 Å². The SMILES string of the molecule is Cc1cc(-c2cnn(C)c2)nc2ccc(OCc3ccccn3)cc12. The first kappa shape index (κ1) is 15.3. The Bertz CT molecular complexity index is 1020. The molecule has 124 valence electrons. The number of hydrogen-bond acceptors (Lipinski definition) is 4. The van der Waals surface area contributed by atoms with Crippen molar-refractivity contribution in [2.24, 2.45) is 7.05 Å². The van der Waals surface area contributed by atoms with Crippen LogP contribution in [0, 0.1) is 6.92 Å². The molecule has 0 fully saturated rings. The van der Waals surface area contributed by atoms with Crippen molar-refractivity contribution in [2.45, 2.75) is 13.5 Å². The Kier molecular flexibility index (Phi) is 3.90. The monoisotopic (exact) mass is 330 g/mol. The second-order valence-corrected chi connectivity index (χ2v) is 6.02. The Labute approximate surface area is 145 Å². The van der Waals surface area contributed by atoms with Crippen LogP contribution >= 0.6 is 0 Å². The number of hydrogen-bond donors (Lipinski definition) is 0. The molecular formula is C20H18N4O. The zero-order valence-corrected chi connectivity index (χ0v) is 14.2. The third-order valence-electron chi connectivity index (χ3n) is 4.10. The van der Waals surface area contributed by atoms with Crippen LogP contribution in [0.15, 0.2) is 61.1 Å². The predicted molar refractivity (Wildman–Crippen MR) is 97.3 cm³/mol. The van der Waals surface area contributed by atoms with E-state index in [0.717, 1.165) is 39.2 Å². The number of fused-ring (bicyclic) bond motifs is 1. The van der Waals surface area contributed by atoms with Gasteiger partial charge in [-0.15, -0.1) is 0 Å². The quantitative estimate of drug-likeness (QED) is 0.569. The average Bonchev–Trinajstić information content (AvgIpc) is 3.07. The summed E-state index contributed by atoms with van der Waals surface area (Å²) in [5.41, 5.74) is 4.96. The highest BCUT2D eigenvalue weighted by molar-refractivity contribution is 5.86. The van der Waals surface area contributed by atoms with E-state index in [1.807, 2.05) is 55.8 Å². The van der Waals surface area contributed by atoms with Crippen LogP contribution in [0.1, 0.15) is 11.3 Å². The second kappa shape index (κ2) is 6.36. The van der Waals surface area contributed by atoms with Gasteiger partial charge in [-0.2, -0.15) is 5.10 Å². The summed E-state index contributed by atoms with van der Waals surface area (Å²) in [5, 5.41) is 5.31. The lowest BCUT2D eigenvalue weighted by molar-refractivity contribution is 0.302. The molecular weight excluding hydrogens is 312 g/mol. The van der Waals surface area contributed by atoms with Crippen molar-refractivity contribution in [1.29, 1.82) is 0 Å². The molecule has 0 aliphatic rings. The molecule has 0 bridgehead atoms. The number of aromatic nitrogens is 4. The predicted octanol–water partition coefficient (Wildman–Crippen LogP) is 3.92. The molecule has 3 aromatic heterocycles. The van der Waals surface area contributed by atoms with Gasteiger partial charge in [-0.05, 0) is 48.9 Å². The van der Waals surface area contributed by atoms with Crippen LogP contribution in [0.2, 0.25) is 0 Å². The first-order chi connectivity index (χ1) is 12.2. The third kappa shape index (κ3) is 3.21. The first-order valence-electron chi connectivity index (χ1n) is 8.12. The zero-order valence-electron chi connectivity index (χ0n) is 14.2. The number of nitrogens with zero attached hydrogens (tertiary/aromatic N) is 4. The molecule has 0 aliphatic heterocycles. The van der Waals surface area contributed by atoms with Gasteiger partial charge in [0.2, 0.25) is 0 Å². The van der Waals surface area contributed by atoms with Crippen molar-refractivity contribution < 1.29 is 4.74 Å². The maximum Gasteiger partial charge on any atom is 0.130 e. The molecule has 1 aromatic carbocycles. The van der Waals surface area contributed by atoms with Gasteiger partial charge in [-0.1, -0.05) is 6.07 Å². The smallest absolute Gasteiger partial charge is 0.130 e. The Morgan fingerprint density at radius 3 is 2.80 bits per heavy atom. The van der Waals surface area contributed by atoms with Crippen molar-refractivity contribution in [2.75, 3.05) is 0 Å². The average molecular weight is 330 g/mol. The van der Waals surface area contributed by atoms with E-state index in [2.05, 4.69) is 23.1 Å². The molecule has 0 unspecified atom stereocenters. The van der Waals surface area contributed by atoms with Gasteiger partial charge in [0.25, 0.3) is 0 Å². The molecule has 0 N–H and O–H groups in total. The number of aryl methyl sites for hydroxylation is 2. The maximum atomic E-state index is 5.87. The Balaban J connectivity index is 1.63. The maximum absolute atomic E-state index is 5.87. The lowest BCUT2D eigenvalue weighted by Crippen LogP contribution is -1.98. The highest BCUT2D eigenvalue weighted by Gasteiger charge is 2.08. The standard InChI is InChI=1S/C20H18N4O/c1-14-9-20(15-11-22-24(2)12-15)23-19-7-6-17(10-18(14)19)25-13-16-5-3-4-8-21-16/h3-12H,13H2,1-2H3. The molecule has 5 heteroatoms. The van der Waals surface area contributed by atoms with Gasteiger partial charge in [0.05, 0.1) is 23.1 Å². The summed E-state index contributed by atoms with van der Waals surface area (Å²) >= 11 is 0. The minimum absolute atomic E-state index is 0.451. The van der Waals surface area contributed by atoms with Gasteiger partial charge in [-0.25, -0.2) is 4.98 Å². The van der Waals surface area contributed by atoms with E-state index in [1.165, 1.54) is 0 Å². The van der Waals surface area contributed by atoms with Gasteiger partial charge in [0, 0.05) is 30.4 Å². The third-order valence-corrected chi connectivity index (χ3v) is 4.10. The summed E-state index contributed by atoms with van der Waals surface area (Å²) in [6, 6.07) is 13.9. The molecule has 0 radical (unpaired) electrons. The fourth-order valence-electron chi connectivity index (χ4n) is 2.81. The van der Waals surface area contributed by atoms with Crippen LogP contribution in [0.4, 0.5) is 0 Å². The topological polar surface area (TPSA) is 52.8 Å². The summed E-state index contributed by atoms with van der Waals surface area (Å²) in [5.74, 6) is 0.817. The Hall–Kier alpha value is -3.21. The molecule has 4 aromatic rings. The van der Waals surface area contributed by atoms with E-state index < -0.39 is 0 Å². The van der Waals surface area contributed by atoms with Crippen LogP contribution in [-0.2, 0) is 13.7 Å².